The molecule has 0 fully saturated rings. The molecule has 0 aromatic heterocycles. The van der Waals surface area contributed by atoms with Crippen LogP contribution in [0.15, 0.2) is 10.3 Å². The molecule has 0 amide bonds. The summed E-state index contributed by atoms with van der Waals surface area (Å²) < 4.78 is 10.6. The third-order valence-electron chi connectivity index (χ3n) is 0.135. The van der Waals surface area contributed by atoms with Gasteiger partial charge in [-0.3, -0.25) is 0 Å². The van der Waals surface area contributed by atoms with E-state index in [0.717, 1.165) is 0 Å². The van der Waals surface area contributed by atoms with E-state index in [1.165, 1.54) is 0 Å². The van der Waals surface area contributed by atoms with Crippen LogP contribution < -0.4 is 0 Å². The first-order valence-electron chi connectivity index (χ1n) is 1.08. The highest BCUT2D eigenvalue weighted by atomic mass is 19.1. The Morgan fingerprint density at radius 1 is 1.83 bits per heavy atom. The normalized spacial score (nSPS) is 8.17. The van der Waals surface area contributed by atoms with E-state index in [1.807, 2.05) is 0 Å². The molecule has 0 saturated heterocycles. The van der Waals surface area contributed by atoms with Crippen LogP contribution in [0.3, 0.4) is 0 Å². The number of halogens is 1. The van der Waals surface area contributed by atoms with Crippen molar-refractivity contribution >= 4 is 6.47 Å². The Kier molecular flexibility index (Phi) is 3.20. The smallest absolute Gasteiger partial charge is 0.165 e. The van der Waals surface area contributed by atoms with Gasteiger partial charge in [-0.2, -0.15) is 9.30 Å². The topological polar surface area (TPSA) is 61.1 Å². The molecule has 0 spiro atoms. The summed E-state index contributed by atoms with van der Waals surface area (Å²) in [6.45, 7) is -0.0836. The third kappa shape index (κ3) is 2.91. The summed E-state index contributed by atoms with van der Waals surface area (Å²) in [5.41, 5.74) is 7.38. The van der Waals surface area contributed by atoms with Gasteiger partial charge in [-0.15, -0.1) is 5.53 Å². The minimum Gasteiger partial charge on any atom is -0.165 e. The van der Waals surface area contributed by atoms with Gasteiger partial charge in [0.2, 0.25) is 0 Å². The first-order valence-corrected chi connectivity index (χ1v) is 1.08. The van der Waals surface area contributed by atoms with Crippen LogP contribution >= 0.6 is 0 Å². The lowest BCUT2D eigenvalue weighted by Crippen LogP contribution is -1.43. The van der Waals surface area contributed by atoms with Gasteiger partial charge in [0.05, 0.1) is 0 Å². The Hall–Kier alpha value is -1.09. The zero-order valence-corrected chi connectivity index (χ0v) is 2.74. The van der Waals surface area contributed by atoms with Crippen LogP contribution in [0.2, 0.25) is 0 Å². The second-order valence-corrected chi connectivity index (χ2v) is 0.392. The van der Waals surface area contributed by atoms with Gasteiger partial charge in [-0.05, 0) is 5.10 Å². The van der Waals surface area contributed by atoms with Crippen LogP contribution in [-0.2, 0) is 0 Å². The molecular weight excluding hydrogens is 87.0 g/mol. The maximum atomic E-state index is 10.6. The number of hydrogen-bond acceptors (Lipinski definition) is 1. The molecule has 0 heterocycles. The van der Waals surface area contributed by atoms with Gasteiger partial charge in [-0.25, -0.2) is 0 Å². The molecule has 0 aromatic rings. The molecular formula is CHFN4. The van der Waals surface area contributed by atoms with E-state index >= 15 is 0 Å². The van der Waals surface area contributed by atoms with Gasteiger partial charge >= 0.3 is 0 Å². The predicted octanol–water partition coefficient (Wildman–Crippen LogP) is 1.21. The number of nitrogens with zero attached hydrogens (tertiary/aromatic N) is 4. The van der Waals surface area contributed by atoms with Crippen LogP contribution in [0.5, 0.6) is 0 Å². The van der Waals surface area contributed by atoms with E-state index in [2.05, 4.69) is 15.2 Å². The zero-order chi connectivity index (χ0) is 4.83. The van der Waals surface area contributed by atoms with E-state index < -0.39 is 0 Å². The average molecular weight is 88.0 g/mol. The van der Waals surface area contributed by atoms with E-state index in [9.17, 15) is 4.39 Å². The molecule has 0 aliphatic rings. The Morgan fingerprint density at radius 3 is 2.67 bits per heavy atom. The Labute approximate surface area is 32.9 Å². The standard InChI is InChI=1S/CHFN4/c2-1-4-6-5-3/h1H/b4-1+. The fraction of sp³-hybridized carbons (Fsp3) is 0. The van der Waals surface area contributed by atoms with Crippen molar-refractivity contribution in [2.75, 3.05) is 0 Å². The summed E-state index contributed by atoms with van der Waals surface area (Å²) in [6.07, 6.45) is 0. The second kappa shape index (κ2) is 3.91. The minimum atomic E-state index is -0.0836. The Balaban J connectivity index is 3.33. The van der Waals surface area contributed by atoms with Crippen molar-refractivity contribution in [2.45, 2.75) is 0 Å². The fourth-order valence-electron chi connectivity index (χ4n) is 0.0426. The van der Waals surface area contributed by atoms with E-state index in [1.54, 1.807) is 0 Å². The van der Waals surface area contributed by atoms with Crippen molar-refractivity contribution < 1.29 is 4.39 Å². The third-order valence-corrected chi connectivity index (χ3v) is 0.135. The van der Waals surface area contributed by atoms with E-state index in [4.69, 9.17) is 5.53 Å². The van der Waals surface area contributed by atoms with Crippen LogP contribution in [0.1, 0.15) is 0 Å². The summed E-state index contributed by atoms with van der Waals surface area (Å²) in [7, 11) is 0. The van der Waals surface area contributed by atoms with Crippen molar-refractivity contribution in [3.8, 4) is 0 Å². The molecule has 0 aliphatic carbocycles. The molecule has 0 radical (unpaired) electrons. The van der Waals surface area contributed by atoms with Gasteiger partial charge in [0.15, 0.2) is 0 Å². The van der Waals surface area contributed by atoms with Gasteiger partial charge in [0.25, 0.3) is 6.47 Å². The van der Waals surface area contributed by atoms with E-state index in [-0.39, 0.29) is 6.47 Å². The maximum absolute atomic E-state index is 10.6. The lowest BCUT2D eigenvalue weighted by Gasteiger charge is -1.49. The van der Waals surface area contributed by atoms with Crippen LogP contribution in [0, 0.1) is 0 Å². The van der Waals surface area contributed by atoms with Crippen LogP contribution in [-0.4, -0.2) is 6.47 Å². The SMILES string of the molecule is [N-]=[N+]=N/N=C/F. The fourth-order valence-corrected chi connectivity index (χ4v) is 0.0426. The molecule has 32 valence electrons. The van der Waals surface area contributed by atoms with Crippen molar-refractivity contribution in [3.63, 3.8) is 0 Å². The first kappa shape index (κ1) is 4.91. The van der Waals surface area contributed by atoms with Crippen LogP contribution in [0.4, 0.5) is 4.39 Å². The lowest BCUT2D eigenvalue weighted by atomic mass is 11.6. The van der Waals surface area contributed by atoms with E-state index in [0.29, 0.717) is 0 Å². The molecule has 0 atom stereocenters. The zero-order valence-electron chi connectivity index (χ0n) is 2.74. The molecule has 0 aliphatic heterocycles. The predicted molar refractivity (Wildman–Crippen MR) is 18.7 cm³/mol. The van der Waals surface area contributed by atoms with Gasteiger partial charge in [0, 0.05) is 5.22 Å². The monoisotopic (exact) mass is 88.0 g/mol. The van der Waals surface area contributed by atoms with Crippen molar-refractivity contribution in [1.29, 1.82) is 0 Å². The lowest BCUT2D eigenvalue weighted by molar-refractivity contribution is 0.831. The van der Waals surface area contributed by atoms with Gasteiger partial charge in [0.1, 0.15) is 0 Å². The Bertz CT molecular complexity index is 89.7. The number of azide groups is 1. The maximum Gasteiger partial charge on any atom is 0.290 e. The summed E-state index contributed by atoms with van der Waals surface area (Å²) in [4.78, 5) is 2.11. The molecule has 0 aromatic carbocycles. The number of hydrogen-bond donors (Lipinski definition) is 0. The largest absolute Gasteiger partial charge is 0.290 e. The molecule has 0 bridgehead atoms. The molecule has 6 heavy (non-hydrogen) atoms. The minimum absolute atomic E-state index is 0.0836. The summed E-state index contributed by atoms with van der Waals surface area (Å²) >= 11 is 0. The summed E-state index contributed by atoms with van der Waals surface area (Å²) in [5, 5.41) is 4.97. The highest BCUT2D eigenvalue weighted by molar-refractivity contribution is 5.43. The van der Waals surface area contributed by atoms with Crippen LogP contribution in [0.25, 0.3) is 10.4 Å². The molecule has 0 N–H and O–H groups in total. The van der Waals surface area contributed by atoms with Crippen molar-refractivity contribution in [2.24, 2.45) is 10.3 Å². The molecule has 5 heteroatoms. The van der Waals surface area contributed by atoms with Gasteiger partial charge < -0.3 is 0 Å². The van der Waals surface area contributed by atoms with Crippen molar-refractivity contribution in [3.05, 3.63) is 10.4 Å². The average Bonchev–Trinajstić information content (AvgIpc) is 1.61. The van der Waals surface area contributed by atoms with Gasteiger partial charge in [-0.1, -0.05) is 0 Å². The second-order valence-electron chi connectivity index (χ2n) is 0.392. The summed E-state index contributed by atoms with van der Waals surface area (Å²) in [5.74, 6) is 0. The van der Waals surface area contributed by atoms with Crippen molar-refractivity contribution in [1.82, 2.24) is 0 Å². The highest BCUT2D eigenvalue weighted by Crippen LogP contribution is 1.66. The highest BCUT2D eigenvalue weighted by Gasteiger charge is 1.57. The molecule has 0 rings (SSSR count). The molecule has 4 nitrogen and oxygen atoms in total. The Morgan fingerprint density at radius 2 is 2.50 bits per heavy atom. The quantitative estimate of drug-likeness (QED) is 0.152. The first-order chi connectivity index (χ1) is 2.91. The number of rotatable bonds is 1. The molecule has 0 unspecified atom stereocenters. The summed E-state index contributed by atoms with van der Waals surface area (Å²) in [6, 6.07) is 0. The molecule has 0 saturated carbocycles.